The first-order valence-electron chi connectivity index (χ1n) is 13.0. The molecule has 7 heteroatoms. The molecule has 1 aliphatic heterocycles. The minimum atomic E-state index is -0.0736. The summed E-state index contributed by atoms with van der Waals surface area (Å²) in [4.78, 5) is 19.2. The maximum Gasteiger partial charge on any atom is 0.226 e. The highest BCUT2D eigenvalue weighted by atomic mass is 32.1. The van der Waals surface area contributed by atoms with E-state index in [0.29, 0.717) is 11.2 Å². The fraction of sp³-hybridized carbons (Fsp3) is 0.414. The molecule has 1 saturated heterocycles. The number of anilines is 2. The topological polar surface area (TPSA) is 62.2 Å². The molecule has 0 bridgehead atoms. The Morgan fingerprint density at radius 3 is 2.61 bits per heavy atom. The van der Waals surface area contributed by atoms with Gasteiger partial charge in [0, 0.05) is 41.4 Å². The van der Waals surface area contributed by atoms with Crippen molar-refractivity contribution < 1.29 is 4.79 Å². The molecule has 3 aromatic rings. The van der Waals surface area contributed by atoms with Gasteiger partial charge in [0.05, 0.1) is 11.7 Å². The van der Waals surface area contributed by atoms with Crippen molar-refractivity contribution in [3.63, 3.8) is 0 Å². The van der Waals surface area contributed by atoms with Crippen molar-refractivity contribution in [2.75, 3.05) is 10.2 Å². The van der Waals surface area contributed by atoms with E-state index in [1.54, 1.807) is 0 Å². The molecule has 2 fully saturated rings. The predicted molar refractivity (Wildman–Crippen MR) is 149 cm³/mol. The van der Waals surface area contributed by atoms with Gasteiger partial charge in [-0.1, -0.05) is 39.2 Å². The third kappa shape index (κ3) is 4.76. The number of pyridine rings is 1. The van der Waals surface area contributed by atoms with Crippen molar-refractivity contribution in [2.24, 2.45) is 5.92 Å². The third-order valence-corrected chi connectivity index (χ3v) is 7.77. The van der Waals surface area contributed by atoms with Crippen molar-refractivity contribution >= 4 is 34.6 Å². The molecule has 1 amide bonds. The van der Waals surface area contributed by atoms with Gasteiger partial charge < -0.3 is 20.1 Å². The summed E-state index contributed by atoms with van der Waals surface area (Å²) in [6.45, 7) is 5.83. The molecular formula is C29H35N5OS. The van der Waals surface area contributed by atoms with Gasteiger partial charge in [-0.25, -0.2) is 0 Å². The molecule has 2 aromatic heterocycles. The predicted octanol–water partition coefficient (Wildman–Crippen LogP) is 6.47. The zero-order valence-corrected chi connectivity index (χ0v) is 22.1. The number of nitrogens with zero attached hydrogens (tertiary/aromatic N) is 3. The quantitative estimate of drug-likeness (QED) is 0.379. The molecule has 36 heavy (non-hydrogen) atoms. The van der Waals surface area contributed by atoms with Crippen molar-refractivity contribution in [2.45, 2.75) is 71.0 Å². The second kappa shape index (κ2) is 10.4. The van der Waals surface area contributed by atoms with Crippen molar-refractivity contribution in [3.8, 4) is 0 Å². The normalized spacial score (nSPS) is 20.6. The highest BCUT2D eigenvalue weighted by Crippen LogP contribution is 2.44. The standard InChI is InChI=1S/C29H35N5OS/c1-19(2)28(35)31-23-15-14-22(18-20(23)3)34-27(26(32-29(34)36)24-12-7-8-16-30-24)25-13-9-17-33(25)21-10-5-4-6-11-21/h7-9,12-19,21,26-27H,4-6,10-11H2,1-3H3,(H,31,35)(H,32,36)/t26-,27-/m1/s1. The fourth-order valence-corrected chi connectivity index (χ4v) is 5.84. The van der Waals surface area contributed by atoms with Crippen molar-refractivity contribution in [3.05, 3.63) is 77.9 Å². The Labute approximate surface area is 219 Å². The maximum absolute atomic E-state index is 12.3. The van der Waals surface area contributed by atoms with Gasteiger partial charge in [-0.2, -0.15) is 0 Å². The maximum atomic E-state index is 12.3. The first kappa shape index (κ1) is 24.5. The van der Waals surface area contributed by atoms with Crippen molar-refractivity contribution in [1.82, 2.24) is 14.9 Å². The number of aromatic nitrogens is 2. The lowest BCUT2D eigenvalue weighted by atomic mass is 9.94. The molecule has 2 aliphatic rings. The number of nitrogens with one attached hydrogen (secondary N) is 2. The second-order valence-electron chi connectivity index (χ2n) is 10.3. The number of aryl methyl sites for hydroxylation is 1. The van der Waals surface area contributed by atoms with E-state index >= 15 is 0 Å². The molecule has 0 radical (unpaired) electrons. The number of hydrogen-bond donors (Lipinski definition) is 2. The monoisotopic (exact) mass is 501 g/mol. The minimum Gasteiger partial charge on any atom is -0.351 e. The average molecular weight is 502 g/mol. The van der Waals surface area contributed by atoms with Crippen LogP contribution in [0.25, 0.3) is 0 Å². The van der Waals surface area contributed by atoms with Gasteiger partial charge >= 0.3 is 0 Å². The zero-order valence-electron chi connectivity index (χ0n) is 21.3. The lowest BCUT2D eigenvalue weighted by Crippen LogP contribution is -2.31. The number of carbonyl (C=O) groups is 1. The SMILES string of the molecule is Cc1cc(N2C(=S)N[C@H](c3ccccn3)[C@H]2c2cccn2C2CCCCC2)ccc1NC(=O)C(C)C. The van der Waals surface area contributed by atoms with E-state index in [-0.39, 0.29) is 23.9 Å². The summed E-state index contributed by atoms with van der Waals surface area (Å²) in [5.41, 5.74) is 5.07. The van der Waals surface area contributed by atoms with Crippen molar-refractivity contribution in [1.29, 1.82) is 0 Å². The summed E-state index contributed by atoms with van der Waals surface area (Å²) < 4.78 is 2.48. The van der Waals surface area contributed by atoms with E-state index in [9.17, 15) is 4.79 Å². The number of thiocarbonyl (C=S) groups is 1. The molecule has 3 heterocycles. The van der Waals surface area contributed by atoms with Crippen LogP contribution in [-0.2, 0) is 4.79 Å². The molecule has 5 rings (SSSR count). The molecule has 1 aliphatic carbocycles. The van der Waals surface area contributed by atoms with Crippen LogP contribution in [-0.4, -0.2) is 20.6 Å². The number of amides is 1. The Hall–Kier alpha value is -3.19. The van der Waals surface area contributed by atoms with Crippen LogP contribution in [0.15, 0.2) is 60.9 Å². The Kier molecular flexibility index (Phi) is 7.10. The number of carbonyl (C=O) groups excluding carboxylic acids is 1. The first-order valence-corrected chi connectivity index (χ1v) is 13.4. The van der Waals surface area contributed by atoms with Gasteiger partial charge in [0.15, 0.2) is 5.11 Å². The van der Waals surface area contributed by atoms with Gasteiger partial charge in [-0.3, -0.25) is 9.78 Å². The Balaban J connectivity index is 1.55. The highest BCUT2D eigenvalue weighted by molar-refractivity contribution is 7.80. The summed E-state index contributed by atoms with van der Waals surface area (Å²) in [6, 6.07) is 17.0. The lowest BCUT2D eigenvalue weighted by molar-refractivity contribution is -0.118. The summed E-state index contributed by atoms with van der Waals surface area (Å²) in [5, 5.41) is 7.31. The zero-order chi connectivity index (χ0) is 25.2. The number of rotatable bonds is 6. The van der Waals surface area contributed by atoms with E-state index in [4.69, 9.17) is 17.2 Å². The summed E-state index contributed by atoms with van der Waals surface area (Å²) in [7, 11) is 0. The molecule has 1 aromatic carbocycles. The molecule has 0 unspecified atom stereocenters. The number of benzene rings is 1. The Morgan fingerprint density at radius 1 is 1.11 bits per heavy atom. The summed E-state index contributed by atoms with van der Waals surface area (Å²) in [5.74, 6) is -0.0573. The smallest absolute Gasteiger partial charge is 0.226 e. The van der Waals surface area contributed by atoms with Crippen LogP contribution in [0, 0.1) is 12.8 Å². The Bertz CT molecular complexity index is 1230. The second-order valence-corrected chi connectivity index (χ2v) is 10.7. The molecule has 1 saturated carbocycles. The van der Waals surface area contributed by atoms with E-state index < -0.39 is 0 Å². The van der Waals surface area contributed by atoms with Crippen LogP contribution >= 0.6 is 12.2 Å². The molecule has 6 nitrogen and oxygen atoms in total. The van der Waals surface area contributed by atoms with E-state index in [1.165, 1.54) is 37.8 Å². The molecule has 2 atom stereocenters. The molecule has 188 valence electrons. The molecular weight excluding hydrogens is 466 g/mol. The summed E-state index contributed by atoms with van der Waals surface area (Å²) in [6.07, 6.45) is 10.4. The highest BCUT2D eigenvalue weighted by Gasteiger charge is 2.42. The minimum absolute atomic E-state index is 0.0163. The van der Waals surface area contributed by atoms with Crippen LogP contribution in [0.1, 0.15) is 81.0 Å². The third-order valence-electron chi connectivity index (χ3n) is 7.45. The molecule has 2 N–H and O–H groups in total. The van der Waals surface area contributed by atoms with Crippen LogP contribution < -0.4 is 15.5 Å². The van der Waals surface area contributed by atoms with Gasteiger partial charge in [-0.15, -0.1) is 0 Å². The number of hydrogen-bond acceptors (Lipinski definition) is 3. The van der Waals surface area contributed by atoms with E-state index in [0.717, 1.165) is 22.6 Å². The average Bonchev–Trinajstić information content (AvgIpc) is 3.50. The Morgan fingerprint density at radius 2 is 1.92 bits per heavy atom. The van der Waals surface area contributed by atoms with Gasteiger partial charge in [0.25, 0.3) is 0 Å². The fourth-order valence-electron chi connectivity index (χ4n) is 5.50. The summed E-state index contributed by atoms with van der Waals surface area (Å²) >= 11 is 5.94. The molecule has 0 spiro atoms. The first-order chi connectivity index (χ1) is 17.4. The van der Waals surface area contributed by atoms with Gasteiger partial charge in [-0.05, 0) is 80.0 Å². The van der Waals surface area contributed by atoms with Crippen LogP contribution in [0.3, 0.4) is 0 Å². The van der Waals surface area contributed by atoms with Crippen LogP contribution in [0.5, 0.6) is 0 Å². The van der Waals surface area contributed by atoms with Crippen LogP contribution in [0.2, 0.25) is 0 Å². The van der Waals surface area contributed by atoms with Gasteiger partial charge in [0.1, 0.15) is 6.04 Å². The lowest BCUT2D eigenvalue weighted by Gasteiger charge is -2.32. The van der Waals surface area contributed by atoms with E-state index in [1.807, 2.05) is 45.2 Å². The van der Waals surface area contributed by atoms with Crippen LogP contribution in [0.4, 0.5) is 11.4 Å². The van der Waals surface area contributed by atoms with Gasteiger partial charge in [0.2, 0.25) is 5.91 Å². The largest absolute Gasteiger partial charge is 0.351 e. The van der Waals surface area contributed by atoms with E-state index in [2.05, 4.69) is 56.6 Å².